The van der Waals surface area contributed by atoms with Crippen molar-refractivity contribution < 1.29 is 14.8 Å². The van der Waals surface area contributed by atoms with Crippen LogP contribution in [0.5, 0.6) is 0 Å². The molecule has 1 atom stereocenters. The highest BCUT2D eigenvalue weighted by Crippen LogP contribution is 2.20. The highest BCUT2D eigenvalue weighted by Gasteiger charge is 2.17. The van der Waals surface area contributed by atoms with Crippen LogP contribution in [0.15, 0.2) is 66.9 Å². The monoisotopic (exact) mass is 363 g/mol. The summed E-state index contributed by atoms with van der Waals surface area (Å²) in [7, 11) is 1.78. The summed E-state index contributed by atoms with van der Waals surface area (Å²) >= 11 is 0. The minimum Gasteiger partial charge on any atom is -0.352 e. The summed E-state index contributed by atoms with van der Waals surface area (Å²) in [5, 5.41) is 11.7. The average molecular weight is 363 g/mol. The second-order valence-corrected chi connectivity index (χ2v) is 6.34. The Morgan fingerprint density at radius 2 is 1.56 bits per heavy atom. The molecule has 6 nitrogen and oxygen atoms in total. The number of benzene rings is 2. The van der Waals surface area contributed by atoms with Crippen LogP contribution >= 0.6 is 0 Å². The molecule has 0 aliphatic carbocycles. The van der Waals surface area contributed by atoms with E-state index in [9.17, 15) is 9.59 Å². The van der Waals surface area contributed by atoms with Crippen LogP contribution in [0.2, 0.25) is 0 Å². The fourth-order valence-electron chi connectivity index (χ4n) is 3.00. The first kappa shape index (κ1) is 18.4. The van der Waals surface area contributed by atoms with Crippen molar-refractivity contribution in [3.05, 3.63) is 83.7 Å². The molecule has 0 radical (unpaired) electrons. The van der Waals surface area contributed by atoms with E-state index < -0.39 is 5.91 Å². The Morgan fingerprint density at radius 3 is 2.19 bits per heavy atom. The Morgan fingerprint density at radius 1 is 0.926 bits per heavy atom. The van der Waals surface area contributed by atoms with Crippen molar-refractivity contribution >= 4 is 11.8 Å². The van der Waals surface area contributed by atoms with E-state index in [2.05, 4.69) is 5.32 Å². The number of nitrogens with zero attached hydrogens (tertiary/aromatic N) is 1. The van der Waals surface area contributed by atoms with E-state index in [-0.39, 0.29) is 11.9 Å². The van der Waals surface area contributed by atoms with Gasteiger partial charge in [-0.05, 0) is 36.2 Å². The third-order valence-electron chi connectivity index (χ3n) is 4.45. The molecule has 0 bridgehead atoms. The molecule has 3 rings (SSSR count). The average Bonchev–Trinajstić information content (AvgIpc) is 3.10. The van der Waals surface area contributed by atoms with Gasteiger partial charge >= 0.3 is 0 Å². The molecule has 0 fully saturated rings. The van der Waals surface area contributed by atoms with Gasteiger partial charge in [0.2, 0.25) is 0 Å². The van der Waals surface area contributed by atoms with Crippen LogP contribution in [0.1, 0.15) is 39.4 Å². The summed E-state index contributed by atoms with van der Waals surface area (Å²) in [6, 6.07) is 18.7. The highest BCUT2D eigenvalue weighted by molar-refractivity contribution is 5.95. The first-order chi connectivity index (χ1) is 13.0. The SMILES string of the molecule is C[C@H](NC(=O)c1ccc(-c2ccccc2)cc1)c1cc(C(=O)NO)cn1C. The van der Waals surface area contributed by atoms with E-state index >= 15 is 0 Å². The number of hydrogen-bond donors (Lipinski definition) is 3. The van der Waals surface area contributed by atoms with E-state index in [4.69, 9.17) is 5.21 Å². The number of carbonyl (C=O) groups is 2. The zero-order chi connectivity index (χ0) is 19.4. The number of hydroxylamine groups is 1. The van der Waals surface area contributed by atoms with Gasteiger partial charge in [0, 0.05) is 24.5 Å². The number of amides is 2. The molecule has 0 aliphatic rings. The van der Waals surface area contributed by atoms with E-state index in [0.29, 0.717) is 11.1 Å². The molecule has 6 heteroatoms. The number of aromatic nitrogens is 1. The lowest BCUT2D eigenvalue weighted by Gasteiger charge is -2.15. The van der Waals surface area contributed by atoms with E-state index in [1.807, 2.05) is 49.4 Å². The molecular formula is C21H21N3O3. The number of carbonyl (C=O) groups excluding carboxylic acids is 2. The van der Waals surface area contributed by atoms with Gasteiger partial charge in [0.25, 0.3) is 11.8 Å². The molecule has 3 N–H and O–H groups in total. The van der Waals surface area contributed by atoms with Gasteiger partial charge in [0.15, 0.2) is 0 Å². The lowest BCUT2D eigenvalue weighted by atomic mass is 10.0. The molecule has 1 heterocycles. The second kappa shape index (κ2) is 7.88. The fourth-order valence-corrected chi connectivity index (χ4v) is 3.00. The van der Waals surface area contributed by atoms with Gasteiger partial charge in [0.1, 0.15) is 0 Å². The number of nitrogens with one attached hydrogen (secondary N) is 2. The Labute approximate surface area is 157 Å². The maximum atomic E-state index is 12.5. The third kappa shape index (κ3) is 4.07. The third-order valence-corrected chi connectivity index (χ3v) is 4.45. The van der Waals surface area contributed by atoms with Crippen LogP contribution in [0.3, 0.4) is 0 Å². The smallest absolute Gasteiger partial charge is 0.276 e. The summed E-state index contributed by atoms with van der Waals surface area (Å²) < 4.78 is 1.74. The minimum absolute atomic E-state index is 0.198. The molecule has 138 valence electrons. The first-order valence-electron chi connectivity index (χ1n) is 8.56. The van der Waals surface area contributed by atoms with Crippen molar-refractivity contribution in [3.63, 3.8) is 0 Å². The van der Waals surface area contributed by atoms with Gasteiger partial charge in [-0.25, -0.2) is 5.48 Å². The molecule has 2 aromatic carbocycles. The van der Waals surface area contributed by atoms with Crippen molar-refractivity contribution in [2.75, 3.05) is 0 Å². The zero-order valence-corrected chi connectivity index (χ0v) is 15.1. The number of hydrogen-bond acceptors (Lipinski definition) is 3. The predicted molar refractivity (Wildman–Crippen MR) is 102 cm³/mol. The molecule has 1 aromatic heterocycles. The van der Waals surface area contributed by atoms with E-state index in [1.165, 1.54) is 0 Å². The van der Waals surface area contributed by atoms with E-state index in [1.54, 1.807) is 41.5 Å². The lowest BCUT2D eigenvalue weighted by Crippen LogP contribution is -2.27. The van der Waals surface area contributed by atoms with Crippen molar-refractivity contribution in [1.82, 2.24) is 15.4 Å². The molecule has 0 saturated heterocycles. The molecular weight excluding hydrogens is 342 g/mol. The number of aryl methyl sites for hydroxylation is 1. The van der Waals surface area contributed by atoms with Gasteiger partial charge in [-0.1, -0.05) is 42.5 Å². The van der Waals surface area contributed by atoms with Crippen LogP contribution in [0, 0.1) is 0 Å². The molecule has 3 aromatic rings. The minimum atomic E-state index is -0.591. The molecule has 0 saturated carbocycles. The Hall–Kier alpha value is -3.38. The molecule has 2 amide bonds. The second-order valence-electron chi connectivity index (χ2n) is 6.34. The van der Waals surface area contributed by atoms with Gasteiger partial charge < -0.3 is 9.88 Å². The van der Waals surface area contributed by atoms with Crippen LogP contribution < -0.4 is 10.8 Å². The zero-order valence-electron chi connectivity index (χ0n) is 15.1. The molecule has 0 aliphatic heterocycles. The summed E-state index contributed by atoms with van der Waals surface area (Å²) in [6.45, 7) is 1.84. The van der Waals surface area contributed by atoms with Crippen molar-refractivity contribution in [2.45, 2.75) is 13.0 Å². The topological polar surface area (TPSA) is 83.4 Å². The maximum absolute atomic E-state index is 12.5. The Bertz CT molecular complexity index is 947. The van der Waals surface area contributed by atoms with Crippen molar-refractivity contribution in [3.8, 4) is 11.1 Å². The van der Waals surface area contributed by atoms with Crippen LogP contribution in [0.4, 0.5) is 0 Å². The van der Waals surface area contributed by atoms with Crippen LogP contribution in [0.25, 0.3) is 11.1 Å². The van der Waals surface area contributed by atoms with Gasteiger partial charge in [0.05, 0.1) is 11.6 Å². The van der Waals surface area contributed by atoms with E-state index in [0.717, 1.165) is 16.8 Å². The standard InChI is InChI=1S/C21H21N3O3/c1-14(19-12-18(13-24(19)2)21(26)23-27)22-20(25)17-10-8-16(9-11-17)15-6-4-3-5-7-15/h3-14,27H,1-2H3,(H,22,25)(H,23,26)/t14-/m0/s1. The Balaban J connectivity index is 1.71. The van der Waals surface area contributed by atoms with Gasteiger partial charge in [-0.2, -0.15) is 0 Å². The summed E-state index contributed by atoms with van der Waals surface area (Å²) in [4.78, 5) is 24.1. The summed E-state index contributed by atoms with van der Waals surface area (Å²) in [6.07, 6.45) is 1.60. The Kier molecular flexibility index (Phi) is 5.38. The summed E-state index contributed by atoms with van der Waals surface area (Å²) in [5.41, 5.74) is 5.38. The van der Waals surface area contributed by atoms with Crippen molar-refractivity contribution in [1.29, 1.82) is 0 Å². The first-order valence-corrected chi connectivity index (χ1v) is 8.56. The van der Waals surface area contributed by atoms with Crippen LogP contribution in [-0.2, 0) is 7.05 Å². The highest BCUT2D eigenvalue weighted by atomic mass is 16.5. The van der Waals surface area contributed by atoms with Crippen molar-refractivity contribution in [2.24, 2.45) is 7.05 Å². The number of rotatable bonds is 5. The predicted octanol–water partition coefficient (Wildman–Crippen LogP) is 3.30. The molecule has 0 unspecified atom stereocenters. The maximum Gasteiger partial charge on any atom is 0.276 e. The lowest BCUT2D eigenvalue weighted by molar-refractivity contribution is 0.0706. The summed E-state index contributed by atoms with van der Waals surface area (Å²) in [5.74, 6) is -0.789. The quantitative estimate of drug-likeness (QED) is 0.480. The molecule has 27 heavy (non-hydrogen) atoms. The molecule has 0 spiro atoms. The fraction of sp³-hybridized carbons (Fsp3) is 0.143. The van der Waals surface area contributed by atoms with Gasteiger partial charge in [-0.3, -0.25) is 14.8 Å². The largest absolute Gasteiger partial charge is 0.352 e. The normalized spacial score (nSPS) is 11.7. The van der Waals surface area contributed by atoms with Crippen LogP contribution in [-0.4, -0.2) is 21.6 Å². The van der Waals surface area contributed by atoms with Gasteiger partial charge in [-0.15, -0.1) is 0 Å².